The summed E-state index contributed by atoms with van der Waals surface area (Å²) in [5.74, 6) is -4.45. The fourth-order valence-corrected chi connectivity index (χ4v) is 3.09. The van der Waals surface area contributed by atoms with Crippen LogP contribution in [0.4, 0.5) is 19.3 Å². The molecule has 3 rings (SSSR count). The van der Waals surface area contributed by atoms with Crippen molar-refractivity contribution >= 4 is 23.6 Å². The fourth-order valence-electron chi connectivity index (χ4n) is 3.09. The van der Waals surface area contributed by atoms with Crippen LogP contribution in [0.3, 0.4) is 0 Å². The molecule has 1 aliphatic rings. The van der Waals surface area contributed by atoms with Crippen molar-refractivity contribution in [2.24, 2.45) is 0 Å². The van der Waals surface area contributed by atoms with E-state index in [2.05, 4.69) is 16.0 Å². The summed E-state index contributed by atoms with van der Waals surface area (Å²) in [5, 5.41) is 16.2. The van der Waals surface area contributed by atoms with Crippen LogP contribution >= 0.6 is 0 Å². The first-order chi connectivity index (χ1) is 13.8. The van der Waals surface area contributed by atoms with Crippen molar-refractivity contribution in [2.75, 3.05) is 19.0 Å². The molecule has 0 bridgehead atoms. The molecule has 4 N–H and O–H groups in total. The highest BCUT2D eigenvalue weighted by Gasteiger charge is 2.40. The molecule has 10 heteroatoms. The van der Waals surface area contributed by atoms with Gasteiger partial charge in [0.1, 0.15) is 23.4 Å². The topological polar surface area (TPSA) is 117 Å². The van der Waals surface area contributed by atoms with E-state index in [0.29, 0.717) is 0 Å². The number of hydrogen-bond acceptors (Lipinski definition) is 4. The molecule has 0 aromatic heterocycles. The predicted molar refractivity (Wildman–Crippen MR) is 98.0 cm³/mol. The van der Waals surface area contributed by atoms with Gasteiger partial charge >= 0.3 is 12.0 Å². The number of carboxylic acid groups (broad SMARTS) is 1. The molecule has 0 radical (unpaired) electrons. The van der Waals surface area contributed by atoms with Crippen molar-refractivity contribution in [1.82, 2.24) is 10.6 Å². The van der Waals surface area contributed by atoms with Gasteiger partial charge in [-0.05, 0) is 24.3 Å². The molecule has 0 saturated carbocycles. The minimum Gasteiger partial charge on any atom is -0.497 e. The third-order valence-electron chi connectivity index (χ3n) is 4.52. The summed E-state index contributed by atoms with van der Waals surface area (Å²) in [6, 6.07) is 5.36. The van der Waals surface area contributed by atoms with E-state index in [1.165, 1.54) is 31.4 Å². The number of amides is 3. The second-order valence-corrected chi connectivity index (χ2v) is 6.31. The number of anilines is 1. The molecule has 8 nitrogen and oxygen atoms in total. The third-order valence-corrected chi connectivity index (χ3v) is 4.52. The Kier molecular flexibility index (Phi) is 5.62. The summed E-state index contributed by atoms with van der Waals surface area (Å²) in [7, 11) is 1.27. The number of aromatic carboxylic acids is 1. The number of hydrogen-bond donors (Lipinski definition) is 4. The van der Waals surface area contributed by atoms with Crippen LogP contribution in [0, 0.1) is 11.6 Å². The van der Waals surface area contributed by atoms with Gasteiger partial charge in [0.15, 0.2) is 0 Å². The lowest BCUT2D eigenvalue weighted by Crippen LogP contribution is -2.45. The van der Waals surface area contributed by atoms with Crippen LogP contribution in [-0.2, 0) is 4.79 Å². The monoisotopic (exact) mass is 405 g/mol. The number of methoxy groups -OCH3 is 1. The van der Waals surface area contributed by atoms with E-state index in [4.69, 9.17) is 9.84 Å². The average Bonchev–Trinajstić information content (AvgIpc) is 3.01. The van der Waals surface area contributed by atoms with Gasteiger partial charge in [-0.15, -0.1) is 0 Å². The van der Waals surface area contributed by atoms with E-state index in [-0.39, 0.29) is 29.1 Å². The van der Waals surface area contributed by atoms with E-state index in [9.17, 15) is 23.2 Å². The van der Waals surface area contributed by atoms with E-state index < -0.39 is 41.5 Å². The van der Waals surface area contributed by atoms with Crippen molar-refractivity contribution < 1.29 is 33.0 Å². The SMILES string of the molecule is COc1cc(F)c([C@@H]2CNC(=O)[C@H]2NC(=O)Nc2ccc(C(=O)O)cc2)c(F)c1. The molecular weight excluding hydrogens is 388 g/mol. The molecule has 29 heavy (non-hydrogen) atoms. The van der Waals surface area contributed by atoms with Gasteiger partial charge < -0.3 is 25.8 Å². The Hall–Kier alpha value is -3.69. The normalized spacial score (nSPS) is 18.1. The third kappa shape index (κ3) is 4.26. The number of carbonyl (C=O) groups is 3. The first-order valence-corrected chi connectivity index (χ1v) is 8.51. The standard InChI is InChI=1S/C19H17F2N3O5/c1-29-11-6-13(20)15(14(21)7-11)12-8-22-17(25)16(12)24-19(28)23-10-4-2-9(3-5-10)18(26)27/h2-7,12,16H,8H2,1H3,(H,22,25)(H,26,27)(H2,23,24,28)/t12-,16-/m0/s1. The zero-order valence-electron chi connectivity index (χ0n) is 15.2. The van der Waals surface area contributed by atoms with Crippen LogP contribution in [0.5, 0.6) is 5.75 Å². The van der Waals surface area contributed by atoms with Gasteiger partial charge in [-0.2, -0.15) is 0 Å². The molecule has 1 fully saturated rings. The summed E-state index contributed by atoms with van der Waals surface area (Å²) < 4.78 is 33.6. The van der Waals surface area contributed by atoms with Crippen LogP contribution in [-0.4, -0.2) is 42.7 Å². The number of halogens is 2. The summed E-state index contributed by atoms with van der Waals surface area (Å²) in [6.45, 7) is -0.0583. The van der Waals surface area contributed by atoms with Crippen LogP contribution in [0.2, 0.25) is 0 Å². The Bertz CT molecular complexity index is 942. The Morgan fingerprint density at radius 1 is 1.17 bits per heavy atom. The molecule has 1 aliphatic heterocycles. The van der Waals surface area contributed by atoms with Gasteiger partial charge in [0.25, 0.3) is 0 Å². The lowest BCUT2D eigenvalue weighted by atomic mass is 9.93. The number of carbonyl (C=O) groups excluding carboxylic acids is 2. The smallest absolute Gasteiger partial charge is 0.335 e. The molecule has 0 spiro atoms. The first kappa shape index (κ1) is 20.1. The number of urea groups is 1. The quantitative estimate of drug-likeness (QED) is 0.608. The summed E-state index contributed by atoms with van der Waals surface area (Å²) in [5.41, 5.74) is -0.0128. The van der Waals surface area contributed by atoms with E-state index in [1.807, 2.05) is 0 Å². The Morgan fingerprint density at radius 2 is 1.79 bits per heavy atom. The van der Waals surface area contributed by atoms with Crippen molar-refractivity contribution in [3.8, 4) is 5.75 Å². The van der Waals surface area contributed by atoms with Crippen LogP contribution < -0.4 is 20.7 Å². The van der Waals surface area contributed by atoms with Gasteiger partial charge in [0, 0.05) is 35.8 Å². The van der Waals surface area contributed by atoms with Crippen LogP contribution in [0.15, 0.2) is 36.4 Å². The maximum atomic E-state index is 14.4. The van der Waals surface area contributed by atoms with Crippen LogP contribution in [0.1, 0.15) is 21.8 Å². The largest absolute Gasteiger partial charge is 0.497 e. The first-order valence-electron chi connectivity index (χ1n) is 8.51. The number of ether oxygens (including phenoxy) is 1. The molecular formula is C19H17F2N3O5. The lowest BCUT2D eigenvalue weighted by Gasteiger charge is -2.20. The number of rotatable bonds is 5. The van der Waals surface area contributed by atoms with E-state index >= 15 is 0 Å². The molecule has 152 valence electrons. The predicted octanol–water partition coefficient (Wildman–Crippen LogP) is 2.08. The van der Waals surface area contributed by atoms with Gasteiger partial charge in [0.2, 0.25) is 5.91 Å². The second kappa shape index (κ2) is 8.13. The van der Waals surface area contributed by atoms with Gasteiger partial charge in [-0.3, -0.25) is 4.79 Å². The second-order valence-electron chi connectivity index (χ2n) is 6.31. The van der Waals surface area contributed by atoms with Gasteiger partial charge in [0.05, 0.1) is 12.7 Å². The zero-order chi connectivity index (χ0) is 21.1. The Balaban J connectivity index is 1.76. The molecule has 0 aliphatic carbocycles. The highest BCUT2D eigenvalue weighted by Crippen LogP contribution is 2.31. The Labute approximate surface area is 163 Å². The van der Waals surface area contributed by atoms with Crippen molar-refractivity contribution in [2.45, 2.75) is 12.0 Å². The summed E-state index contributed by atoms with van der Waals surface area (Å²) in [4.78, 5) is 35.2. The minimum atomic E-state index is -1.20. The molecule has 2 aromatic carbocycles. The minimum absolute atomic E-state index is 0.00640. The van der Waals surface area contributed by atoms with Crippen molar-refractivity contribution in [3.05, 3.63) is 59.2 Å². The van der Waals surface area contributed by atoms with Gasteiger partial charge in [-0.25, -0.2) is 18.4 Å². The zero-order valence-corrected chi connectivity index (χ0v) is 15.2. The summed E-state index contributed by atoms with van der Waals surface area (Å²) >= 11 is 0. The Morgan fingerprint density at radius 3 is 2.34 bits per heavy atom. The maximum absolute atomic E-state index is 14.4. The molecule has 1 heterocycles. The van der Waals surface area contributed by atoms with E-state index in [1.54, 1.807) is 0 Å². The molecule has 2 atom stereocenters. The summed E-state index contributed by atoms with van der Waals surface area (Å²) in [6.07, 6.45) is 0. The molecule has 1 saturated heterocycles. The van der Waals surface area contributed by atoms with E-state index in [0.717, 1.165) is 12.1 Å². The number of benzene rings is 2. The molecule has 0 unspecified atom stereocenters. The van der Waals surface area contributed by atoms with Crippen molar-refractivity contribution in [3.63, 3.8) is 0 Å². The average molecular weight is 405 g/mol. The van der Waals surface area contributed by atoms with Gasteiger partial charge in [-0.1, -0.05) is 0 Å². The number of nitrogens with one attached hydrogen (secondary N) is 3. The lowest BCUT2D eigenvalue weighted by molar-refractivity contribution is -0.120. The fraction of sp³-hybridized carbons (Fsp3) is 0.211. The molecule has 3 amide bonds. The number of carboxylic acids is 1. The molecule has 2 aromatic rings. The van der Waals surface area contributed by atoms with Crippen LogP contribution in [0.25, 0.3) is 0 Å². The maximum Gasteiger partial charge on any atom is 0.335 e. The highest BCUT2D eigenvalue weighted by molar-refractivity contribution is 5.95. The van der Waals surface area contributed by atoms with Crippen molar-refractivity contribution in [1.29, 1.82) is 0 Å². The highest BCUT2D eigenvalue weighted by atomic mass is 19.1.